The Morgan fingerprint density at radius 3 is 2.47 bits per heavy atom. The lowest BCUT2D eigenvalue weighted by Crippen LogP contribution is -2.41. The molecule has 0 unspecified atom stereocenters. The number of aliphatic hydroxyl groups excluding tert-OH is 3. The highest BCUT2D eigenvalue weighted by Crippen LogP contribution is 2.39. The lowest BCUT2D eigenvalue weighted by molar-refractivity contribution is -0.191. The van der Waals surface area contributed by atoms with Crippen molar-refractivity contribution >= 4 is 0 Å². The van der Waals surface area contributed by atoms with Crippen molar-refractivity contribution in [2.45, 2.75) is 37.0 Å². The lowest BCUT2D eigenvalue weighted by Gasteiger charge is -2.22. The van der Waals surface area contributed by atoms with Gasteiger partial charge in [0.05, 0.1) is 6.61 Å². The molecular weight excluding hydrogens is 252 g/mol. The number of benzene rings is 1. The quantitative estimate of drug-likeness (QED) is 0.687. The molecule has 2 aliphatic rings. The highest BCUT2D eigenvalue weighted by Gasteiger charge is 2.53. The summed E-state index contributed by atoms with van der Waals surface area (Å²) in [6.45, 7) is -0.483. The van der Waals surface area contributed by atoms with Crippen molar-refractivity contribution in [1.82, 2.24) is 0 Å². The van der Waals surface area contributed by atoms with E-state index >= 15 is 0 Å². The average molecular weight is 268 g/mol. The Balaban J connectivity index is 1.69. The number of rotatable bonds is 3. The van der Waals surface area contributed by atoms with E-state index in [4.69, 9.17) is 19.3 Å². The minimum absolute atomic E-state index is 0.483. The van der Waals surface area contributed by atoms with Gasteiger partial charge < -0.3 is 29.5 Å². The smallest absolute Gasteiger partial charge is 0.190 e. The van der Waals surface area contributed by atoms with Gasteiger partial charge in [-0.1, -0.05) is 30.3 Å². The zero-order valence-corrected chi connectivity index (χ0v) is 10.1. The van der Waals surface area contributed by atoms with Gasteiger partial charge in [0.25, 0.3) is 0 Å². The molecule has 0 radical (unpaired) electrons. The van der Waals surface area contributed by atoms with E-state index in [0.717, 1.165) is 5.56 Å². The summed E-state index contributed by atoms with van der Waals surface area (Å²) in [5, 5.41) is 28.4. The second-order valence-electron chi connectivity index (χ2n) is 4.69. The van der Waals surface area contributed by atoms with E-state index in [1.165, 1.54) is 0 Å². The molecular formula is C13H16O6. The van der Waals surface area contributed by atoms with Crippen molar-refractivity contribution < 1.29 is 29.5 Å². The van der Waals surface area contributed by atoms with Crippen LogP contribution in [0.15, 0.2) is 30.3 Å². The fraction of sp³-hybridized carbons (Fsp3) is 0.538. The van der Waals surface area contributed by atoms with Crippen LogP contribution >= 0.6 is 0 Å². The molecule has 0 saturated carbocycles. The van der Waals surface area contributed by atoms with E-state index < -0.39 is 43.6 Å². The number of hydrogen-bond donors (Lipinski definition) is 3. The maximum atomic E-state index is 10.0. The molecule has 2 saturated heterocycles. The third-order valence-electron chi connectivity index (χ3n) is 3.41. The second kappa shape index (κ2) is 5.16. The lowest BCUT2D eigenvalue weighted by atomic mass is 10.1. The summed E-state index contributed by atoms with van der Waals surface area (Å²) in [4.78, 5) is 0. The van der Waals surface area contributed by atoms with E-state index in [0.29, 0.717) is 0 Å². The molecule has 1 aromatic rings. The minimum atomic E-state index is -1.15. The molecule has 19 heavy (non-hydrogen) atoms. The van der Waals surface area contributed by atoms with Gasteiger partial charge in [-0.25, -0.2) is 0 Å². The predicted octanol–water partition coefficient (Wildman–Crippen LogP) is -0.460. The maximum Gasteiger partial charge on any atom is 0.190 e. The third kappa shape index (κ3) is 2.27. The highest BCUT2D eigenvalue weighted by atomic mass is 16.8. The number of hydrogen-bond acceptors (Lipinski definition) is 6. The summed E-state index contributed by atoms with van der Waals surface area (Å²) >= 11 is 0. The molecule has 0 amide bonds. The maximum absolute atomic E-state index is 10.0. The molecule has 6 atom stereocenters. The Labute approximate surface area is 110 Å². The van der Waals surface area contributed by atoms with Gasteiger partial charge in [0.15, 0.2) is 12.6 Å². The van der Waals surface area contributed by atoms with Crippen LogP contribution < -0.4 is 0 Å². The number of aliphatic hydroxyl groups is 3. The first-order chi connectivity index (χ1) is 9.20. The standard InChI is InChI=1S/C13H16O6/c14-6-8(15)10-9(16)11-13(17-10)19-12(18-11)7-4-2-1-3-5-7/h1-5,8-16H,6H2/t8-,9+,10-,11+,12-,13+/m0/s1. The van der Waals surface area contributed by atoms with Crippen LogP contribution in [-0.2, 0) is 14.2 Å². The molecule has 0 aliphatic carbocycles. The predicted molar refractivity (Wildman–Crippen MR) is 62.9 cm³/mol. The zero-order chi connectivity index (χ0) is 13.4. The molecule has 0 spiro atoms. The van der Waals surface area contributed by atoms with E-state index in [9.17, 15) is 10.2 Å². The zero-order valence-electron chi connectivity index (χ0n) is 10.1. The molecule has 0 aromatic heterocycles. The molecule has 2 aliphatic heterocycles. The summed E-state index contributed by atoms with van der Waals surface area (Å²) in [6.07, 6.45) is -5.04. The van der Waals surface area contributed by atoms with Crippen LogP contribution in [0.1, 0.15) is 11.9 Å². The Morgan fingerprint density at radius 2 is 1.84 bits per heavy atom. The van der Waals surface area contributed by atoms with Gasteiger partial charge in [0.2, 0.25) is 0 Å². The van der Waals surface area contributed by atoms with Crippen molar-refractivity contribution in [1.29, 1.82) is 0 Å². The molecule has 3 rings (SSSR count). The molecule has 1 aromatic carbocycles. The summed E-state index contributed by atoms with van der Waals surface area (Å²) in [5.74, 6) is 0. The topological polar surface area (TPSA) is 88.4 Å². The van der Waals surface area contributed by atoms with Crippen molar-refractivity contribution in [3.63, 3.8) is 0 Å². The van der Waals surface area contributed by atoms with Crippen LogP contribution in [0.4, 0.5) is 0 Å². The second-order valence-corrected chi connectivity index (χ2v) is 4.69. The fourth-order valence-corrected chi connectivity index (χ4v) is 2.40. The van der Waals surface area contributed by atoms with Crippen LogP contribution in [0, 0.1) is 0 Å². The summed E-state index contributed by atoms with van der Waals surface area (Å²) in [7, 11) is 0. The third-order valence-corrected chi connectivity index (χ3v) is 3.41. The van der Waals surface area contributed by atoms with Crippen molar-refractivity contribution in [3.05, 3.63) is 35.9 Å². The van der Waals surface area contributed by atoms with Crippen LogP contribution in [-0.4, -0.2) is 52.6 Å². The van der Waals surface area contributed by atoms with Crippen molar-refractivity contribution in [2.24, 2.45) is 0 Å². The van der Waals surface area contributed by atoms with Crippen molar-refractivity contribution in [2.75, 3.05) is 6.61 Å². The van der Waals surface area contributed by atoms with E-state index in [1.54, 1.807) is 0 Å². The number of ether oxygens (including phenoxy) is 3. The molecule has 6 nitrogen and oxygen atoms in total. The normalized spacial score (nSPS) is 39.2. The fourth-order valence-electron chi connectivity index (χ4n) is 2.40. The van der Waals surface area contributed by atoms with E-state index in [-0.39, 0.29) is 0 Å². The van der Waals surface area contributed by atoms with Gasteiger partial charge >= 0.3 is 0 Å². The molecule has 6 heteroatoms. The Kier molecular flexibility index (Phi) is 3.53. The molecule has 0 bridgehead atoms. The summed E-state index contributed by atoms with van der Waals surface area (Å²) in [6, 6.07) is 9.34. The Bertz CT molecular complexity index is 424. The molecule has 3 N–H and O–H groups in total. The molecule has 2 fully saturated rings. The SMILES string of the molecule is OC[C@H](O)[C@@H]1O[C@@H]2O[C@@H](c3ccccc3)O[C@@H]2[C@@H]1O. The van der Waals surface area contributed by atoms with Gasteiger partial charge in [-0.05, 0) is 0 Å². The first-order valence-corrected chi connectivity index (χ1v) is 6.19. The highest BCUT2D eigenvalue weighted by molar-refractivity contribution is 5.17. The monoisotopic (exact) mass is 268 g/mol. The van der Waals surface area contributed by atoms with Gasteiger partial charge in [-0.2, -0.15) is 0 Å². The van der Waals surface area contributed by atoms with Crippen LogP contribution in [0.2, 0.25) is 0 Å². The Morgan fingerprint density at radius 1 is 1.11 bits per heavy atom. The van der Waals surface area contributed by atoms with Crippen LogP contribution in [0.3, 0.4) is 0 Å². The van der Waals surface area contributed by atoms with Gasteiger partial charge in [-0.3, -0.25) is 0 Å². The largest absolute Gasteiger partial charge is 0.394 e. The van der Waals surface area contributed by atoms with Crippen LogP contribution in [0.5, 0.6) is 0 Å². The first kappa shape index (κ1) is 13.0. The first-order valence-electron chi connectivity index (χ1n) is 6.19. The Hall–Kier alpha value is -1.02. The molecule has 104 valence electrons. The van der Waals surface area contributed by atoms with Crippen LogP contribution in [0.25, 0.3) is 0 Å². The minimum Gasteiger partial charge on any atom is -0.394 e. The van der Waals surface area contributed by atoms with Gasteiger partial charge in [0, 0.05) is 5.56 Å². The summed E-state index contributed by atoms with van der Waals surface area (Å²) in [5.41, 5.74) is 0.840. The van der Waals surface area contributed by atoms with E-state index in [2.05, 4.69) is 0 Å². The number of fused-ring (bicyclic) bond motifs is 1. The van der Waals surface area contributed by atoms with E-state index in [1.807, 2.05) is 30.3 Å². The summed E-state index contributed by atoms with van der Waals surface area (Å²) < 4.78 is 16.6. The van der Waals surface area contributed by atoms with Gasteiger partial charge in [-0.15, -0.1) is 0 Å². The molecule has 2 heterocycles. The van der Waals surface area contributed by atoms with Crippen molar-refractivity contribution in [3.8, 4) is 0 Å². The van der Waals surface area contributed by atoms with Gasteiger partial charge in [0.1, 0.15) is 24.4 Å². The average Bonchev–Trinajstić information content (AvgIpc) is 2.99.